The van der Waals surface area contributed by atoms with Crippen molar-refractivity contribution in [1.29, 1.82) is 0 Å². The van der Waals surface area contributed by atoms with Crippen LogP contribution in [0.4, 0.5) is 0 Å². The Bertz CT molecular complexity index is 694. The Balaban J connectivity index is 2.30. The lowest BCUT2D eigenvalue weighted by molar-refractivity contribution is -0.137. The third-order valence-corrected chi connectivity index (χ3v) is 4.42. The van der Waals surface area contributed by atoms with Crippen LogP contribution in [0.25, 0.3) is 0 Å². The van der Waals surface area contributed by atoms with Gasteiger partial charge in [-0.05, 0) is 31.9 Å². The van der Waals surface area contributed by atoms with Crippen molar-refractivity contribution in [3.63, 3.8) is 0 Å². The van der Waals surface area contributed by atoms with Crippen molar-refractivity contribution in [2.24, 2.45) is 0 Å². The van der Waals surface area contributed by atoms with Crippen LogP contribution in [0.2, 0.25) is 10.0 Å². The van der Waals surface area contributed by atoms with E-state index in [1.165, 1.54) is 12.2 Å². The van der Waals surface area contributed by atoms with Gasteiger partial charge in [-0.2, -0.15) is 0 Å². The van der Waals surface area contributed by atoms with Crippen molar-refractivity contribution in [2.75, 3.05) is 33.0 Å². The van der Waals surface area contributed by atoms with Crippen molar-refractivity contribution in [3.05, 3.63) is 43.9 Å². The summed E-state index contributed by atoms with van der Waals surface area (Å²) in [5, 5.41) is 0.681. The molecule has 0 unspecified atom stereocenters. The highest BCUT2D eigenvalue weighted by Gasteiger charge is 2.11. The minimum Gasteiger partial charge on any atom is -0.490 e. The minimum atomic E-state index is -0.560. The fourth-order valence-corrected chi connectivity index (χ4v) is 2.76. The maximum Gasteiger partial charge on any atom is 0.349 e. The van der Waals surface area contributed by atoms with Gasteiger partial charge in [0.2, 0.25) is 0 Å². The summed E-state index contributed by atoms with van der Waals surface area (Å²) in [6.45, 7) is 3.29. The van der Waals surface area contributed by atoms with Gasteiger partial charge in [0.25, 0.3) is 0 Å². The van der Waals surface area contributed by atoms with Crippen molar-refractivity contribution >= 4 is 64.0 Å². The van der Waals surface area contributed by atoms with Crippen LogP contribution in [0.15, 0.2) is 33.8 Å². The van der Waals surface area contributed by atoms with Crippen LogP contribution in [0.3, 0.4) is 0 Å². The van der Waals surface area contributed by atoms with Gasteiger partial charge in [-0.25, -0.2) is 4.79 Å². The number of hydrogen-bond acceptors (Lipinski definition) is 5. The molecule has 0 saturated carbocycles. The predicted molar refractivity (Wildman–Crippen MR) is 118 cm³/mol. The molecule has 0 aliphatic rings. The van der Waals surface area contributed by atoms with E-state index in [0.717, 1.165) is 12.8 Å². The first kappa shape index (κ1) is 26.2. The molecule has 0 saturated heterocycles. The van der Waals surface area contributed by atoms with Crippen LogP contribution in [-0.2, 0) is 14.3 Å². The number of hydrogen-bond donors (Lipinski definition) is 0. The van der Waals surface area contributed by atoms with E-state index in [4.69, 9.17) is 77.0 Å². The molecule has 1 aromatic rings. The van der Waals surface area contributed by atoms with Gasteiger partial charge in [0, 0.05) is 18.7 Å². The maximum absolute atomic E-state index is 11.3. The number of unbranched alkanes of at least 4 members (excludes halogenated alkanes) is 1. The molecule has 1 rings (SSSR count). The van der Waals surface area contributed by atoms with Gasteiger partial charge in [0.1, 0.15) is 21.9 Å². The molecule has 5 nitrogen and oxygen atoms in total. The first-order chi connectivity index (χ1) is 13.8. The van der Waals surface area contributed by atoms with Gasteiger partial charge >= 0.3 is 5.97 Å². The molecule has 0 spiro atoms. The fraction of sp³-hybridized carbons (Fsp3) is 0.421. The normalized spacial score (nSPS) is 11.2. The Hall–Kier alpha value is -0.820. The lowest BCUT2D eigenvalue weighted by Crippen LogP contribution is -2.05. The Morgan fingerprint density at radius 2 is 1.62 bits per heavy atom. The highest BCUT2D eigenvalue weighted by molar-refractivity contribution is 6.55. The topological polar surface area (TPSA) is 54.0 Å². The van der Waals surface area contributed by atoms with Gasteiger partial charge in [-0.15, -0.1) is 0 Å². The molecule has 0 atom stereocenters. The van der Waals surface area contributed by atoms with E-state index < -0.39 is 5.97 Å². The number of carbonyl (C=O) groups is 1. The Kier molecular flexibility index (Phi) is 13.6. The minimum absolute atomic E-state index is 0.00803. The van der Waals surface area contributed by atoms with E-state index >= 15 is 0 Å². The summed E-state index contributed by atoms with van der Waals surface area (Å²) in [6.07, 6.45) is 4.43. The van der Waals surface area contributed by atoms with E-state index in [2.05, 4.69) is 0 Å². The molecule has 10 heteroatoms. The van der Waals surface area contributed by atoms with Crippen molar-refractivity contribution < 1.29 is 23.7 Å². The second kappa shape index (κ2) is 15.1. The average molecular weight is 507 g/mol. The second-order valence-corrected chi connectivity index (χ2v) is 7.65. The van der Waals surface area contributed by atoms with Gasteiger partial charge in [-0.1, -0.05) is 58.0 Å². The highest BCUT2D eigenvalue weighted by Crippen LogP contribution is 2.37. The smallest absolute Gasteiger partial charge is 0.349 e. The molecule has 0 aliphatic heterocycles. The summed E-state index contributed by atoms with van der Waals surface area (Å²) in [4.78, 5) is 11.3. The van der Waals surface area contributed by atoms with Gasteiger partial charge < -0.3 is 18.9 Å². The Morgan fingerprint density at radius 1 is 0.966 bits per heavy atom. The van der Waals surface area contributed by atoms with Crippen LogP contribution in [0, 0.1) is 0 Å². The van der Waals surface area contributed by atoms with Crippen LogP contribution in [0.1, 0.15) is 19.8 Å². The third kappa shape index (κ3) is 11.2. The van der Waals surface area contributed by atoms with Gasteiger partial charge in [0.15, 0.2) is 5.75 Å². The van der Waals surface area contributed by atoms with Gasteiger partial charge in [0.05, 0.1) is 29.9 Å². The summed E-state index contributed by atoms with van der Waals surface area (Å²) in [5.74, 6) is 0.299. The number of rotatable bonds is 13. The van der Waals surface area contributed by atoms with Crippen LogP contribution < -0.4 is 9.47 Å². The first-order valence-electron chi connectivity index (χ1n) is 8.71. The van der Waals surface area contributed by atoms with E-state index in [-0.39, 0.29) is 29.3 Å². The lowest BCUT2D eigenvalue weighted by atomic mass is 10.3. The first-order valence-corrected chi connectivity index (χ1v) is 10.6. The molecule has 0 heterocycles. The van der Waals surface area contributed by atoms with E-state index in [1.54, 1.807) is 19.1 Å². The highest BCUT2D eigenvalue weighted by atomic mass is 35.5. The molecule has 0 fully saturated rings. The van der Waals surface area contributed by atoms with Crippen molar-refractivity contribution in [2.45, 2.75) is 19.8 Å². The summed E-state index contributed by atoms with van der Waals surface area (Å²) >= 11 is 29.2. The quantitative estimate of drug-likeness (QED) is 0.172. The lowest BCUT2D eigenvalue weighted by Gasteiger charge is -2.12. The molecule has 0 amide bonds. The van der Waals surface area contributed by atoms with Crippen LogP contribution in [0.5, 0.6) is 11.5 Å². The molecule has 0 bridgehead atoms. The number of halogens is 5. The summed E-state index contributed by atoms with van der Waals surface area (Å²) < 4.78 is 21.3. The molecule has 162 valence electrons. The summed E-state index contributed by atoms with van der Waals surface area (Å²) in [5.41, 5.74) is 0. The zero-order chi connectivity index (χ0) is 21.6. The monoisotopic (exact) mass is 504 g/mol. The van der Waals surface area contributed by atoms with E-state index in [9.17, 15) is 4.79 Å². The molecule has 0 aliphatic carbocycles. The molecule has 1 aromatic carbocycles. The fourth-order valence-electron chi connectivity index (χ4n) is 1.94. The zero-order valence-corrected chi connectivity index (χ0v) is 19.5. The molecule has 0 radical (unpaired) electrons. The van der Waals surface area contributed by atoms with Crippen LogP contribution >= 0.6 is 58.0 Å². The Morgan fingerprint density at radius 3 is 2.24 bits per heavy atom. The number of esters is 1. The predicted octanol–water partition coefficient (Wildman–Crippen LogP) is 6.55. The standard InChI is InChI=1S/C19H21Cl5O5/c1-2-27-19(25)14(20)5-9-26-7-3-4-8-29-18-15(21)11-13(12-16(18)22)28-10-6-17(23)24/h5-6,11-12H,2-4,7-10H2,1H3. The molecular weight excluding hydrogens is 485 g/mol. The third-order valence-electron chi connectivity index (χ3n) is 3.24. The largest absolute Gasteiger partial charge is 0.490 e. The van der Waals surface area contributed by atoms with Crippen molar-refractivity contribution in [3.8, 4) is 11.5 Å². The van der Waals surface area contributed by atoms with Gasteiger partial charge in [-0.3, -0.25) is 0 Å². The van der Waals surface area contributed by atoms with E-state index in [1.807, 2.05) is 0 Å². The summed E-state index contributed by atoms with van der Waals surface area (Å²) in [6, 6.07) is 3.20. The molecule has 29 heavy (non-hydrogen) atoms. The number of carbonyl (C=O) groups excluding carboxylic acids is 1. The zero-order valence-electron chi connectivity index (χ0n) is 15.7. The SMILES string of the molecule is CCOC(=O)C(Cl)=CCOCCCCOc1c(Cl)cc(OCC=C(Cl)Cl)cc1Cl. The van der Waals surface area contributed by atoms with Crippen molar-refractivity contribution in [1.82, 2.24) is 0 Å². The molecule has 0 aromatic heterocycles. The number of benzene rings is 1. The van der Waals surface area contributed by atoms with E-state index in [0.29, 0.717) is 34.8 Å². The Labute approximate surface area is 195 Å². The number of ether oxygens (including phenoxy) is 4. The summed E-state index contributed by atoms with van der Waals surface area (Å²) in [7, 11) is 0. The molecular formula is C19H21Cl5O5. The van der Waals surface area contributed by atoms with Crippen LogP contribution in [-0.4, -0.2) is 39.0 Å². The average Bonchev–Trinajstić information content (AvgIpc) is 2.65. The molecule has 0 N–H and O–H groups in total. The maximum atomic E-state index is 11.3. The second-order valence-electron chi connectivity index (χ2n) is 5.42.